The lowest BCUT2D eigenvalue weighted by atomic mass is 9.91. The molecule has 0 heterocycles. The van der Waals surface area contributed by atoms with Gasteiger partial charge in [0.2, 0.25) is 0 Å². The maximum Gasteiger partial charge on any atom is 0.264 e. The smallest absolute Gasteiger partial charge is 0.264 e. The molecule has 5 nitrogen and oxygen atoms in total. The average Bonchev–Trinajstić information content (AvgIpc) is 2.52. The van der Waals surface area contributed by atoms with Gasteiger partial charge in [-0.05, 0) is 18.2 Å². The Morgan fingerprint density at radius 2 is 2.09 bits per heavy atom. The van der Waals surface area contributed by atoms with Gasteiger partial charge in [-0.3, -0.25) is 14.9 Å². The summed E-state index contributed by atoms with van der Waals surface area (Å²) in [4.78, 5) is 24.5. The van der Waals surface area contributed by atoms with Crippen molar-refractivity contribution in [2.45, 2.75) is 12.0 Å². The number of hydrogen-bond acceptors (Lipinski definition) is 3. The zero-order valence-electron chi connectivity index (χ0n) is 12.0. The number of likely N-dealkylation sites (N-methyl/N-ethyl adjacent to an activating group) is 1. The van der Waals surface area contributed by atoms with E-state index in [1.807, 2.05) is 18.2 Å². The monoisotopic (exact) mass is 318 g/mol. The second kappa shape index (κ2) is 6.58. The van der Waals surface area contributed by atoms with Crippen LogP contribution in [0, 0.1) is 10.1 Å². The lowest BCUT2D eigenvalue weighted by Crippen LogP contribution is -2.35. The Hall–Kier alpha value is -2.40. The molecule has 0 saturated carbocycles. The molecule has 0 bridgehead atoms. The summed E-state index contributed by atoms with van der Waals surface area (Å²) in [5.74, 6) is -0.341. The zero-order chi connectivity index (χ0) is 16.2. The van der Waals surface area contributed by atoms with Crippen LogP contribution in [0.3, 0.4) is 0 Å². The van der Waals surface area contributed by atoms with Gasteiger partial charge in [-0.25, -0.2) is 0 Å². The molecule has 1 aromatic carbocycles. The molecule has 1 aliphatic rings. The van der Waals surface area contributed by atoms with Gasteiger partial charge in [-0.1, -0.05) is 35.9 Å². The summed E-state index contributed by atoms with van der Waals surface area (Å²) in [5, 5.41) is 11.7. The van der Waals surface area contributed by atoms with E-state index < -0.39 is 10.5 Å². The maximum absolute atomic E-state index is 12.2. The highest BCUT2D eigenvalue weighted by atomic mass is 35.5. The van der Waals surface area contributed by atoms with Gasteiger partial charge in [0.25, 0.3) is 11.4 Å². The normalized spacial score (nSPS) is 20.7. The van der Waals surface area contributed by atoms with E-state index >= 15 is 0 Å². The molecule has 0 spiro atoms. The summed E-state index contributed by atoms with van der Waals surface area (Å²) in [7, 11) is 1.62. The van der Waals surface area contributed by atoms with Crippen LogP contribution in [0.5, 0.6) is 0 Å². The van der Waals surface area contributed by atoms with Crippen molar-refractivity contribution in [1.29, 1.82) is 0 Å². The minimum atomic E-state index is -1.47. The summed E-state index contributed by atoms with van der Waals surface area (Å²) < 4.78 is 0. The van der Waals surface area contributed by atoms with Crippen LogP contribution >= 0.6 is 11.6 Å². The first-order chi connectivity index (χ1) is 10.4. The number of carbonyl (C=O) groups is 1. The Kier molecular flexibility index (Phi) is 4.78. The van der Waals surface area contributed by atoms with Crippen molar-refractivity contribution in [2.75, 3.05) is 11.9 Å². The number of amides is 1. The fourth-order valence-corrected chi connectivity index (χ4v) is 2.39. The molecule has 114 valence electrons. The molecule has 1 aromatic rings. The standard InChI is InChI=1S/C16H15ClN2O3/c1-18(14-7-3-2-4-8-14)15(20)9-11-16(19(21)22)10-5-6-13(17)12-16/h2-9,11-12H,10H2,1H3/b11-9+. The number of anilines is 1. The van der Waals surface area contributed by atoms with Gasteiger partial charge in [-0.2, -0.15) is 0 Å². The number of para-hydroxylation sites is 1. The number of benzene rings is 1. The van der Waals surface area contributed by atoms with E-state index in [-0.39, 0.29) is 17.4 Å². The van der Waals surface area contributed by atoms with Gasteiger partial charge < -0.3 is 4.90 Å². The number of nitro groups is 1. The summed E-state index contributed by atoms with van der Waals surface area (Å²) >= 11 is 5.86. The number of allylic oxidation sites excluding steroid dienone is 2. The van der Waals surface area contributed by atoms with E-state index in [2.05, 4.69) is 0 Å². The van der Waals surface area contributed by atoms with E-state index in [4.69, 9.17) is 11.6 Å². The third-order valence-corrected chi connectivity index (χ3v) is 3.67. The van der Waals surface area contributed by atoms with Crippen LogP contribution in [0.15, 0.2) is 65.7 Å². The van der Waals surface area contributed by atoms with E-state index in [1.165, 1.54) is 23.1 Å². The SMILES string of the molecule is CN(C(=O)/C=C/C1([N+](=O)[O-])C=C(Cl)C=CC1)c1ccccc1. The number of halogens is 1. The van der Waals surface area contributed by atoms with Crippen LogP contribution < -0.4 is 4.90 Å². The van der Waals surface area contributed by atoms with Crippen molar-refractivity contribution >= 4 is 23.2 Å². The zero-order valence-corrected chi connectivity index (χ0v) is 12.7. The number of rotatable bonds is 4. The summed E-state index contributed by atoms with van der Waals surface area (Å²) in [6, 6.07) is 9.05. The predicted molar refractivity (Wildman–Crippen MR) is 86.4 cm³/mol. The van der Waals surface area contributed by atoms with Gasteiger partial charge in [0.1, 0.15) is 0 Å². The van der Waals surface area contributed by atoms with Crippen LogP contribution in [-0.4, -0.2) is 23.4 Å². The van der Waals surface area contributed by atoms with E-state index in [9.17, 15) is 14.9 Å². The average molecular weight is 319 g/mol. The van der Waals surface area contributed by atoms with E-state index in [0.29, 0.717) is 5.69 Å². The Morgan fingerprint density at radius 3 is 2.68 bits per heavy atom. The van der Waals surface area contributed by atoms with Crippen molar-refractivity contribution in [1.82, 2.24) is 0 Å². The topological polar surface area (TPSA) is 63.5 Å². The molecule has 2 rings (SSSR count). The molecule has 6 heteroatoms. The molecular weight excluding hydrogens is 304 g/mol. The second-order valence-electron chi connectivity index (χ2n) is 4.95. The molecule has 0 saturated heterocycles. The molecule has 22 heavy (non-hydrogen) atoms. The molecule has 1 atom stereocenters. The third-order valence-electron chi connectivity index (χ3n) is 3.44. The predicted octanol–water partition coefficient (Wildman–Crippen LogP) is 3.30. The molecule has 0 N–H and O–H groups in total. The van der Waals surface area contributed by atoms with Gasteiger partial charge in [-0.15, -0.1) is 0 Å². The Balaban J connectivity index is 2.20. The first-order valence-electron chi connectivity index (χ1n) is 6.66. The Morgan fingerprint density at radius 1 is 1.41 bits per heavy atom. The minimum Gasteiger partial charge on any atom is -0.312 e. The van der Waals surface area contributed by atoms with Crippen molar-refractivity contribution < 1.29 is 9.72 Å². The Labute approximate surface area is 133 Å². The quantitative estimate of drug-likeness (QED) is 0.486. The van der Waals surface area contributed by atoms with Gasteiger partial charge >= 0.3 is 0 Å². The second-order valence-corrected chi connectivity index (χ2v) is 5.39. The highest BCUT2D eigenvalue weighted by Crippen LogP contribution is 2.28. The number of nitrogens with zero attached hydrogens (tertiary/aromatic N) is 2. The van der Waals surface area contributed by atoms with Crippen molar-refractivity contribution in [3.8, 4) is 0 Å². The molecule has 1 unspecified atom stereocenters. The van der Waals surface area contributed by atoms with Crippen LogP contribution in [0.1, 0.15) is 6.42 Å². The van der Waals surface area contributed by atoms with E-state index in [0.717, 1.165) is 0 Å². The summed E-state index contributed by atoms with van der Waals surface area (Å²) in [6.45, 7) is 0. The largest absolute Gasteiger partial charge is 0.312 e. The molecule has 1 aliphatic carbocycles. The van der Waals surface area contributed by atoms with Crippen LogP contribution in [0.4, 0.5) is 5.69 Å². The summed E-state index contributed by atoms with van der Waals surface area (Å²) in [5.41, 5.74) is -0.761. The molecular formula is C16H15ClN2O3. The number of hydrogen-bond donors (Lipinski definition) is 0. The Bertz CT molecular complexity index is 667. The fraction of sp³-hybridized carbons (Fsp3) is 0.188. The molecule has 0 aromatic heterocycles. The van der Waals surface area contributed by atoms with Crippen molar-refractivity contribution in [2.24, 2.45) is 0 Å². The summed E-state index contributed by atoms with van der Waals surface area (Å²) in [6.07, 6.45) is 7.25. The maximum atomic E-state index is 12.2. The minimum absolute atomic E-state index is 0.162. The van der Waals surface area contributed by atoms with Gasteiger partial charge in [0.15, 0.2) is 0 Å². The van der Waals surface area contributed by atoms with Crippen LogP contribution in [0.2, 0.25) is 0 Å². The highest BCUT2D eigenvalue weighted by Gasteiger charge is 2.38. The first kappa shape index (κ1) is 16.0. The molecule has 0 fully saturated rings. The molecule has 0 aliphatic heterocycles. The van der Waals surface area contributed by atoms with Crippen LogP contribution in [-0.2, 0) is 4.79 Å². The van der Waals surface area contributed by atoms with Crippen LogP contribution in [0.25, 0.3) is 0 Å². The fourth-order valence-electron chi connectivity index (χ4n) is 2.12. The van der Waals surface area contributed by atoms with Gasteiger partial charge in [0.05, 0.1) is 0 Å². The van der Waals surface area contributed by atoms with Gasteiger partial charge in [0, 0.05) is 47.3 Å². The van der Waals surface area contributed by atoms with Crippen molar-refractivity contribution in [3.63, 3.8) is 0 Å². The first-order valence-corrected chi connectivity index (χ1v) is 7.04. The van der Waals surface area contributed by atoms with Crippen molar-refractivity contribution in [3.05, 3.63) is 75.9 Å². The lowest BCUT2D eigenvalue weighted by molar-refractivity contribution is -0.539. The third kappa shape index (κ3) is 3.43. The molecule has 0 radical (unpaired) electrons. The highest BCUT2D eigenvalue weighted by molar-refractivity contribution is 6.31. The lowest BCUT2D eigenvalue weighted by Gasteiger charge is -2.20. The number of carbonyl (C=O) groups excluding carboxylic acids is 1. The van der Waals surface area contributed by atoms with E-state index in [1.54, 1.807) is 31.3 Å². The molecule has 1 amide bonds.